The molecule has 0 bridgehead atoms. The number of aryl methyl sites for hydroxylation is 3. The van der Waals surface area contributed by atoms with Crippen LogP contribution in [0.2, 0.25) is 0 Å². The smallest absolute Gasteiger partial charge is 0.129 e. The van der Waals surface area contributed by atoms with E-state index in [1.165, 1.54) is 33.4 Å². The van der Waals surface area contributed by atoms with Gasteiger partial charge < -0.3 is 4.74 Å². The first kappa shape index (κ1) is 26.6. The minimum Gasteiger partial charge on any atom is -0.496 e. The zero-order chi connectivity index (χ0) is 26.2. The van der Waals surface area contributed by atoms with E-state index in [9.17, 15) is 0 Å². The van der Waals surface area contributed by atoms with Crippen molar-refractivity contribution in [2.45, 2.75) is 60.0 Å². The van der Waals surface area contributed by atoms with Gasteiger partial charge in [0.05, 0.1) is 12.8 Å². The van der Waals surface area contributed by atoms with E-state index in [1.807, 2.05) is 6.20 Å². The van der Waals surface area contributed by atoms with Crippen LogP contribution in [0, 0.1) is 13.8 Å². The van der Waals surface area contributed by atoms with Gasteiger partial charge in [0, 0.05) is 42.5 Å². The van der Waals surface area contributed by atoms with E-state index < -0.39 is 0 Å². The number of benzene rings is 3. The number of hydrogen-bond acceptors (Lipinski definition) is 3. The first-order valence-corrected chi connectivity index (χ1v) is 13.5. The van der Waals surface area contributed by atoms with Crippen LogP contribution in [0.3, 0.4) is 0 Å². The monoisotopic (exact) mass is 492 g/mol. The maximum absolute atomic E-state index is 6.06. The summed E-state index contributed by atoms with van der Waals surface area (Å²) in [5, 5.41) is 0. The molecule has 0 amide bonds. The third-order valence-corrected chi connectivity index (χ3v) is 7.39. The molecule has 1 aromatic heterocycles. The van der Waals surface area contributed by atoms with E-state index in [1.54, 1.807) is 7.11 Å². The predicted octanol–water partition coefficient (Wildman–Crippen LogP) is 7.74. The molecule has 0 aliphatic carbocycles. The Morgan fingerprint density at radius 3 is 2.00 bits per heavy atom. The van der Waals surface area contributed by atoms with E-state index in [-0.39, 0.29) is 0 Å². The van der Waals surface area contributed by atoms with Crippen molar-refractivity contribution in [1.29, 1.82) is 0 Å². The fourth-order valence-corrected chi connectivity index (χ4v) is 5.26. The molecule has 0 aliphatic rings. The Labute approximate surface area is 223 Å². The third kappa shape index (κ3) is 6.29. The average Bonchev–Trinajstić information content (AvgIpc) is 2.93. The van der Waals surface area contributed by atoms with Gasteiger partial charge in [0.15, 0.2) is 0 Å². The normalized spacial score (nSPS) is 11.2. The lowest BCUT2D eigenvalue weighted by atomic mass is 9.92. The first-order valence-electron chi connectivity index (χ1n) is 13.5. The molecule has 0 unspecified atom stereocenters. The van der Waals surface area contributed by atoms with Crippen molar-refractivity contribution < 1.29 is 4.74 Å². The molecule has 0 spiro atoms. The SMILES string of the molecule is CCc1cccc(CC)c1-c1ncc(CN(CCc2ccccc2)Cc2ccccc2C)c(OC)c1C. The van der Waals surface area contributed by atoms with Crippen LogP contribution in [0.1, 0.15) is 52.8 Å². The third-order valence-electron chi connectivity index (χ3n) is 7.39. The van der Waals surface area contributed by atoms with Crippen LogP contribution >= 0.6 is 0 Å². The quantitative estimate of drug-likeness (QED) is 0.214. The van der Waals surface area contributed by atoms with Crippen molar-refractivity contribution in [3.05, 3.63) is 118 Å². The van der Waals surface area contributed by atoms with Crippen LogP contribution in [0.4, 0.5) is 0 Å². The Morgan fingerprint density at radius 1 is 0.730 bits per heavy atom. The number of nitrogens with zero attached hydrogens (tertiary/aromatic N) is 2. The second-order valence-electron chi connectivity index (χ2n) is 9.82. The molecule has 0 saturated carbocycles. The molecule has 3 aromatic carbocycles. The summed E-state index contributed by atoms with van der Waals surface area (Å²) in [5.74, 6) is 0.951. The van der Waals surface area contributed by atoms with Gasteiger partial charge in [-0.15, -0.1) is 0 Å². The topological polar surface area (TPSA) is 25.4 Å². The fourth-order valence-electron chi connectivity index (χ4n) is 5.26. The van der Waals surface area contributed by atoms with Crippen LogP contribution in [0.5, 0.6) is 5.75 Å². The molecule has 0 atom stereocenters. The van der Waals surface area contributed by atoms with Gasteiger partial charge in [0.2, 0.25) is 0 Å². The lowest BCUT2D eigenvalue weighted by Crippen LogP contribution is -2.26. The summed E-state index contributed by atoms with van der Waals surface area (Å²) < 4.78 is 6.06. The number of hydrogen-bond donors (Lipinski definition) is 0. The average molecular weight is 493 g/mol. The Hall–Kier alpha value is -3.43. The van der Waals surface area contributed by atoms with Crippen molar-refractivity contribution in [3.63, 3.8) is 0 Å². The molecule has 0 aliphatic heterocycles. The van der Waals surface area contributed by atoms with Gasteiger partial charge >= 0.3 is 0 Å². The van der Waals surface area contributed by atoms with Crippen molar-refractivity contribution in [1.82, 2.24) is 9.88 Å². The lowest BCUT2D eigenvalue weighted by molar-refractivity contribution is 0.254. The largest absolute Gasteiger partial charge is 0.496 e. The number of aromatic nitrogens is 1. The summed E-state index contributed by atoms with van der Waals surface area (Å²) in [4.78, 5) is 7.58. The van der Waals surface area contributed by atoms with Gasteiger partial charge in [-0.2, -0.15) is 0 Å². The molecular formula is C34H40N2O. The lowest BCUT2D eigenvalue weighted by Gasteiger charge is -2.25. The summed E-state index contributed by atoms with van der Waals surface area (Å²) in [7, 11) is 1.79. The first-order chi connectivity index (χ1) is 18.0. The molecule has 1 heterocycles. The van der Waals surface area contributed by atoms with Crippen LogP contribution in [-0.2, 0) is 32.4 Å². The van der Waals surface area contributed by atoms with Crippen LogP contribution in [0.25, 0.3) is 11.3 Å². The van der Waals surface area contributed by atoms with Gasteiger partial charge in [-0.05, 0) is 60.9 Å². The van der Waals surface area contributed by atoms with E-state index in [4.69, 9.17) is 9.72 Å². The summed E-state index contributed by atoms with van der Waals surface area (Å²) in [6, 6.07) is 26.0. The number of pyridine rings is 1. The molecule has 0 radical (unpaired) electrons. The highest BCUT2D eigenvalue weighted by molar-refractivity contribution is 5.73. The molecular weight excluding hydrogens is 452 g/mol. The van der Waals surface area contributed by atoms with Crippen LogP contribution in [0.15, 0.2) is 79.0 Å². The fraction of sp³-hybridized carbons (Fsp3) is 0.324. The molecule has 192 valence electrons. The molecule has 37 heavy (non-hydrogen) atoms. The zero-order valence-electron chi connectivity index (χ0n) is 23.1. The Balaban J connectivity index is 1.68. The number of ether oxygens (including phenoxy) is 1. The molecule has 3 heteroatoms. The molecule has 0 saturated heterocycles. The van der Waals surface area contributed by atoms with Gasteiger partial charge in [-0.3, -0.25) is 9.88 Å². The summed E-state index contributed by atoms with van der Waals surface area (Å²) in [6.45, 7) is 11.4. The minimum atomic E-state index is 0.786. The van der Waals surface area contributed by atoms with Crippen molar-refractivity contribution in [2.24, 2.45) is 0 Å². The van der Waals surface area contributed by atoms with Gasteiger partial charge in [0.1, 0.15) is 5.75 Å². The highest BCUT2D eigenvalue weighted by atomic mass is 16.5. The van der Waals surface area contributed by atoms with E-state index >= 15 is 0 Å². The van der Waals surface area contributed by atoms with E-state index in [0.717, 1.165) is 61.5 Å². The predicted molar refractivity (Wildman–Crippen MR) is 155 cm³/mol. The Kier molecular flexibility index (Phi) is 9.14. The standard InChI is InChI=1S/C34H40N2O/c1-6-28-18-13-19-29(7-2)32(28)33-26(4)34(37-5)31(22-35-33)24-36(21-20-27-15-9-8-10-16-27)23-30-17-12-11-14-25(30)3/h8-19,22H,6-7,20-21,23-24H2,1-5H3. The molecule has 0 fully saturated rings. The molecule has 4 rings (SSSR count). The summed E-state index contributed by atoms with van der Waals surface area (Å²) >= 11 is 0. The van der Waals surface area contributed by atoms with Gasteiger partial charge in [-0.25, -0.2) is 0 Å². The van der Waals surface area contributed by atoms with Crippen molar-refractivity contribution >= 4 is 0 Å². The van der Waals surface area contributed by atoms with Crippen LogP contribution < -0.4 is 4.74 Å². The molecule has 0 N–H and O–H groups in total. The highest BCUT2D eigenvalue weighted by Crippen LogP contribution is 2.36. The van der Waals surface area contributed by atoms with Crippen molar-refractivity contribution in [2.75, 3.05) is 13.7 Å². The maximum Gasteiger partial charge on any atom is 0.129 e. The van der Waals surface area contributed by atoms with Gasteiger partial charge in [-0.1, -0.05) is 86.6 Å². The number of rotatable bonds is 11. The van der Waals surface area contributed by atoms with Crippen molar-refractivity contribution in [3.8, 4) is 17.0 Å². The highest BCUT2D eigenvalue weighted by Gasteiger charge is 2.20. The Bertz CT molecular complexity index is 1290. The second-order valence-corrected chi connectivity index (χ2v) is 9.82. The molecule has 3 nitrogen and oxygen atoms in total. The second kappa shape index (κ2) is 12.7. The Morgan fingerprint density at radius 2 is 1.35 bits per heavy atom. The number of methoxy groups -OCH3 is 1. The van der Waals surface area contributed by atoms with Crippen LogP contribution in [-0.4, -0.2) is 23.5 Å². The molecule has 4 aromatic rings. The summed E-state index contributed by atoms with van der Waals surface area (Å²) in [5.41, 5.74) is 11.3. The zero-order valence-corrected chi connectivity index (χ0v) is 23.1. The summed E-state index contributed by atoms with van der Waals surface area (Å²) in [6.07, 6.45) is 5.01. The van der Waals surface area contributed by atoms with E-state index in [2.05, 4.69) is 105 Å². The van der Waals surface area contributed by atoms with E-state index in [0.29, 0.717) is 0 Å². The maximum atomic E-state index is 6.06. The minimum absolute atomic E-state index is 0.786. The van der Waals surface area contributed by atoms with Gasteiger partial charge in [0.25, 0.3) is 0 Å².